The molecule has 13 heavy (non-hydrogen) atoms. The van der Waals surface area contributed by atoms with E-state index in [2.05, 4.69) is 10.1 Å². The van der Waals surface area contributed by atoms with Gasteiger partial charge in [-0.2, -0.15) is 5.10 Å². The van der Waals surface area contributed by atoms with Crippen LogP contribution >= 0.6 is 0 Å². The smallest absolute Gasteiger partial charge is 0.147 e. The lowest BCUT2D eigenvalue weighted by Gasteiger charge is -2.31. The zero-order chi connectivity index (χ0) is 9.15. The van der Waals surface area contributed by atoms with E-state index >= 15 is 0 Å². The van der Waals surface area contributed by atoms with Crippen molar-refractivity contribution in [1.29, 1.82) is 0 Å². The van der Waals surface area contributed by atoms with E-state index in [0.29, 0.717) is 26.1 Å². The summed E-state index contributed by atoms with van der Waals surface area (Å²) in [6.45, 7) is 1.22. The molecule has 0 unspecified atom stereocenters. The number of carbonyl (C=O) groups is 1. The molecule has 1 aromatic rings. The van der Waals surface area contributed by atoms with Crippen molar-refractivity contribution in [2.24, 2.45) is 0 Å². The molecule has 0 atom stereocenters. The Morgan fingerprint density at radius 3 is 2.77 bits per heavy atom. The molecule has 5 heteroatoms. The second kappa shape index (κ2) is 3.26. The molecule has 1 aliphatic heterocycles. The zero-order valence-corrected chi connectivity index (χ0v) is 7.22. The van der Waals surface area contributed by atoms with Crippen LogP contribution in [0.4, 0.5) is 0 Å². The molecule has 5 nitrogen and oxygen atoms in total. The minimum atomic E-state index is -0.519. The highest BCUT2D eigenvalue weighted by Crippen LogP contribution is 2.25. The summed E-state index contributed by atoms with van der Waals surface area (Å²) in [5.41, 5.74) is -0.519. The summed E-state index contributed by atoms with van der Waals surface area (Å²) in [6.07, 6.45) is 5.34. The molecular formula is C8H11N3O2. The number of aldehydes is 1. The normalized spacial score (nSPS) is 21.2. The third-order valence-corrected chi connectivity index (χ3v) is 2.45. The minimum absolute atomic E-state index is 0.519. The van der Waals surface area contributed by atoms with Crippen LogP contribution < -0.4 is 0 Å². The van der Waals surface area contributed by atoms with E-state index in [1.807, 2.05) is 0 Å². The molecule has 0 radical (unpaired) electrons. The van der Waals surface area contributed by atoms with Gasteiger partial charge in [0.2, 0.25) is 0 Å². The molecule has 1 saturated heterocycles. The standard InChI is InChI=1S/C8H11N3O2/c12-5-8(1-3-13-4-2-8)11-7-9-6-10-11/h5-7H,1-4H2. The molecule has 2 heterocycles. The fraction of sp³-hybridized carbons (Fsp3) is 0.625. The van der Waals surface area contributed by atoms with Crippen molar-refractivity contribution in [3.05, 3.63) is 12.7 Å². The van der Waals surface area contributed by atoms with Crippen molar-refractivity contribution in [3.8, 4) is 0 Å². The number of hydrogen-bond donors (Lipinski definition) is 0. The average molecular weight is 181 g/mol. The molecule has 0 amide bonds. The van der Waals surface area contributed by atoms with Crippen LogP contribution in [0.25, 0.3) is 0 Å². The molecule has 0 aliphatic carbocycles. The van der Waals surface area contributed by atoms with Crippen LogP contribution in [0.1, 0.15) is 12.8 Å². The van der Waals surface area contributed by atoms with Crippen LogP contribution in [0.15, 0.2) is 12.7 Å². The first kappa shape index (κ1) is 8.37. The van der Waals surface area contributed by atoms with Gasteiger partial charge < -0.3 is 9.53 Å². The van der Waals surface area contributed by atoms with Crippen molar-refractivity contribution in [2.75, 3.05) is 13.2 Å². The first-order chi connectivity index (χ1) is 6.37. The largest absolute Gasteiger partial charge is 0.381 e. The molecule has 1 aliphatic rings. The fourth-order valence-corrected chi connectivity index (χ4v) is 1.56. The van der Waals surface area contributed by atoms with Gasteiger partial charge >= 0.3 is 0 Å². The van der Waals surface area contributed by atoms with E-state index in [1.165, 1.54) is 6.33 Å². The Hall–Kier alpha value is -1.23. The average Bonchev–Trinajstić information content (AvgIpc) is 2.72. The van der Waals surface area contributed by atoms with Gasteiger partial charge in [-0.1, -0.05) is 0 Å². The summed E-state index contributed by atoms with van der Waals surface area (Å²) < 4.78 is 6.83. The number of carbonyl (C=O) groups excluding carboxylic acids is 1. The number of ether oxygens (including phenoxy) is 1. The first-order valence-electron chi connectivity index (χ1n) is 4.27. The lowest BCUT2D eigenvalue weighted by Crippen LogP contribution is -2.41. The quantitative estimate of drug-likeness (QED) is 0.602. The molecule has 2 rings (SSSR count). The predicted octanol–water partition coefficient (Wildman–Crippen LogP) is -0.0173. The van der Waals surface area contributed by atoms with E-state index in [1.54, 1.807) is 11.0 Å². The lowest BCUT2D eigenvalue weighted by molar-refractivity contribution is -0.120. The van der Waals surface area contributed by atoms with Crippen molar-refractivity contribution < 1.29 is 9.53 Å². The fourth-order valence-electron chi connectivity index (χ4n) is 1.56. The van der Waals surface area contributed by atoms with Crippen molar-refractivity contribution >= 4 is 6.29 Å². The molecule has 0 bridgehead atoms. The minimum Gasteiger partial charge on any atom is -0.381 e. The molecule has 0 saturated carbocycles. The number of aromatic nitrogens is 3. The monoisotopic (exact) mass is 181 g/mol. The summed E-state index contributed by atoms with van der Waals surface area (Å²) in [5.74, 6) is 0. The summed E-state index contributed by atoms with van der Waals surface area (Å²) in [4.78, 5) is 14.9. The summed E-state index contributed by atoms with van der Waals surface area (Å²) in [5, 5.41) is 4.00. The van der Waals surface area contributed by atoms with Gasteiger partial charge in [-0.25, -0.2) is 9.67 Å². The van der Waals surface area contributed by atoms with Crippen LogP contribution in [0.5, 0.6) is 0 Å². The van der Waals surface area contributed by atoms with E-state index in [-0.39, 0.29) is 0 Å². The van der Waals surface area contributed by atoms with E-state index < -0.39 is 5.54 Å². The van der Waals surface area contributed by atoms with Crippen LogP contribution in [0.2, 0.25) is 0 Å². The van der Waals surface area contributed by atoms with Gasteiger partial charge in [0.15, 0.2) is 0 Å². The van der Waals surface area contributed by atoms with Crippen LogP contribution in [-0.4, -0.2) is 34.3 Å². The Kier molecular flexibility index (Phi) is 2.10. The topological polar surface area (TPSA) is 57.0 Å². The Balaban J connectivity index is 2.28. The summed E-state index contributed by atoms with van der Waals surface area (Å²) in [6, 6.07) is 0. The van der Waals surface area contributed by atoms with Crippen molar-refractivity contribution in [3.63, 3.8) is 0 Å². The van der Waals surface area contributed by atoms with Crippen LogP contribution in [0, 0.1) is 0 Å². The maximum Gasteiger partial charge on any atom is 0.147 e. The predicted molar refractivity (Wildman–Crippen MR) is 44.1 cm³/mol. The lowest BCUT2D eigenvalue weighted by atomic mass is 9.92. The second-order valence-electron chi connectivity index (χ2n) is 3.17. The van der Waals surface area contributed by atoms with Crippen LogP contribution in [0.3, 0.4) is 0 Å². The number of hydrogen-bond acceptors (Lipinski definition) is 4. The van der Waals surface area contributed by atoms with Crippen molar-refractivity contribution in [1.82, 2.24) is 14.8 Å². The van der Waals surface area contributed by atoms with Gasteiger partial charge in [-0.3, -0.25) is 0 Å². The van der Waals surface area contributed by atoms with Gasteiger partial charge in [-0.15, -0.1) is 0 Å². The molecule has 1 fully saturated rings. The van der Waals surface area contributed by atoms with Gasteiger partial charge in [0.05, 0.1) is 0 Å². The maximum absolute atomic E-state index is 11.0. The molecule has 0 N–H and O–H groups in total. The SMILES string of the molecule is O=CC1(n2cncn2)CCOCC1. The van der Waals surface area contributed by atoms with Gasteiger partial charge in [0.25, 0.3) is 0 Å². The van der Waals surface area contributed by atoms with Gasteiger partial charge in [0, 0.05) is 26.1 Å². The molecule has 0 spiro atoms. The number of rotatable bonds is 2. The summed E-state index contributed by atoms with van der Waals surface area (Å²) >= 11 is 0. The van der Waals surface area contributed by atoms with Crippen molar-refractivity contribution in [2.45, 2.75) is 18.4 Å². The molecule has 0 aromatic carbocycles. The second-order valence-corrected chi connectivity index (χ2v) is 3.17. The van der Waals surface area contributed by atoms with Crippen LogP contribution in [-0.2, 0) is 15.1 Å². The Labute approximate surface area is 75.7 Å². The van der Waals surface area contributed by atoms with Gasteiger partial charge in [-0.05, 0) is 0 Å². The number of nitrogens with zero attached hydrogens (tertiary/aromatic N) is 3. The summed E-state index contributed by atoms with van der Waals surface area (Å²) in [7, 11) is 0. The highest BCUT2D eigenvalue weighted by Gasteiger charge is 2.34. The Morgan fingerprint density at radius 1 is 1.46 bits per heavy atom. The molecule has 1 aromatic heterocycles. The molecule has 70 valence electrons. The van der Waals surface area contributed by atoms with E-state index in [0.717, 1.165) is 6.29 Å². The third kappa shape index (κ3) is 1.35. The zero-order valence-electron chi connectivity index (χ0n) is 7.22. The first-order valence-corrected chi connectivity index (χ1v) is 4.27. The van der Waals surface area contributed by atoms with Gasteiger partial charge in [0.1, 0.15) is 24.5 Å². The van der Waals surface area contributed by atoms with E-state index in [4.69, 9.17) is 4.74 Å². The maximum atomic E-state index is 11.0. The Morgan fingerprint density at radius 2 is 2.23 bits per heavy atom. The highest BCUT2D eigenvalue weighted by atomic mass is 16.5. The third-order valence-electron chi connectivity index (χ3n) is 2.45. The molecular weight excluding hydrogens is 170 g/mol. The Bertz CT molecular complexity index is 278. The highest BCUT2D eigenvalue weighted by molar-refractivity contribution is 5.61. The van der Waals surface area contributed by atoms with E-state index in [9.17, 15) is 4.79 Å².